The standard InChI is InChI=1S/C23H27FN2O5/c1-29-12-11-25-22(27)19-14-26(23(28)15-7-9-16(24)10-8-15)13-18(19)17-5-4-6-20(30-2)21(17)31-3/h4-10,18-19H,11-14H2,1-3H3,(H,25,27)/t18-,19-/m0/s1. The Labute approximate surface area is 181 Å². The monoisotopic (exact) mass is 430 g/mol. The van der Waals surface area contributed by atoms with E-state index in [1.807, 2.05) is 12.1 Å². The second kappa shape index (κ2) is 10.3. The molecule has 0 radical (unpaired) electrons. The van der Waals surface area contributed by atoms with Gasteiger partial charge in [0.05, 0.1) is 26.7 Å². The highest BCUT2D eigenvalue weighted by molar-refractivity contribution is 5.95. The Balaban J connectivity index is 1.91. The molecule has 1 heterocycles. The van der Waals surface area contributed by atoms with Crippen molar-refractivity contribution in [3.63, 3.8) is 0 Å². The summed E-state index contributed by atoms with van der Waals surface area (Å²) in [6, 6.07) is 10.9. The number of nitrogens with zero attached hydrogens (tertiary/aromatic N) is 1. The molecule has 0 saturated carbocycles. The number of ether oxygens (including phenoxy) is 3. The first-order valence-electron chi connectivity index (χ1n) is 10.0. The Kier molecular flexibility index (Phi) is 7.46. The molecule has 2 atom stereocenters. The Morgan fingerprint density at radius 2 is 1.81 bits per heavy atom. The van der Waals surface area contributed by atoms with E-state index >= 15 is 0 Å². The van der Waals surface area contributed by atoms with Gasteiger partial charge in [-0.15, -0.1) is 0 Å². The van der Waals surface area contributed by atoms with E-state index in [9.17, 15) is 14.0 Å². The highest BCUT2D eigenvalue weighted by Gasteiger charge is 2.42. The first-order valence-corrected chi connectivity index (χ1v) is 10.0. The molecular formula is C23H27FN2O5. The van der Waals surface area contributed by atoms with Gasteiger partial charge < -0.3 is 24.4 Å². The molecule has 0 bridgehead atoms. The number of methoxy groups -OCH3 is 3. The van der Waals surface area contributed by atoms with Gasteiger partial charge in [0.25, 0.3) is 5.91 Å². The smallest absolute Gasteiger partial charge is 0.253 e. The number of para-hydroxylation sites is 1. The molecular weight excluding hydrogens is 403 g/mol. The predicted octanol–water partition coefficient (Wildman–Crippen LogP) is 2.46. The topological polar surface area (TPSA) is 77.1 Å². The van der Waals surface area contributed by atoms with Gasteiger partial charge >= 0.3 is 0 Å². The number of likely N-dealkylation sites (tertiary alicyclic amines) is 1. The molecule has 1 aliphatic rings. The zero-order chi connectivity index (χ0) is 22.4. The third-order valence-electron chi connectivity index (χ3n) is 5.47. The minimum absolute atomic E-state index is 0.165. The summed E-state index contributed by atoms with van der Waals surface area (Å²) in [4.78, 5) is 27.6. The van der Waals surface area contributed by atoms with Gasteiger partial charge in [-0.1, -0.05) is 12.1 Å². The second-order valence-corrected chi connectivity index (χ2v) is 7.30. The zero-order valence-electron chi connectivity index (χ0n) is 17.9. The van der Waals surface area contributed by atoms with Crippen LogP contribution in [0.25, 0.3) is 0 Å². The number of hydrogen-bond acceptors (Lipinski definition) is 5. The van der Waals surface area contributed by atoms with Crippen LogP contribution >= 0.6 is 0 Å². The number of halogens is 1. The summed E-state index contributed by atoms with van der Waals surface area (Å²) < 4.78 is 29.3. The normalized spacial score (nSPS) is 18.0. The molecule has 166 valence electrons. The molecule has 2 amide bonds. The molecule has 2 aromatic rings. The summed E-state index contributed by atoms with van der Waals surface area (Å²) in [6.07, 6.45) is 0. The van der Waals surface area contributed by atoms with Crippen molar-refractivity contribution < 1.29 is 28.2 Å². The highest BCUT2D eigenvalue weighted by Crippen LogP contribution is 2.42. The van der Waals surface area contributed by atoms with Crippen molar-refractivity contribution in [1.82, 2.24) is 10.2 Å². The fraction of sp³-hybridized carbons (Fsp3) is 0.391. The Morgan fingerprint density at radius 1 is 1.06 bits per heavy atom. The number of nitrogens with one attached hydrogen (secondary N) is 1. The van der Waals surface area contributed by atoms with Crippen LogP contribution in [0.5, 0.6) is 11.5 Å². The summed E-state index contributed by atoms with van der Waals surface area (Å²) in [6.45, 7) is 1.33. The van der Waals surface area contributed by atoms with Crippen molar-refractivity contribution in [2.45, 2.75) is 5.92 Å². The molecule has 1 N–H and O–H groups in total. The van der Waals surface area contributed by atoms with Crippen LogP contribution < -0.4 is 14.8 Å². The van der Waals surface area contributed by atoms with Gasteiger partial charge in [-0.3, -0.25) is 9.59 Å². The number of amides is 2. The molecule has 2 aromatic carbocycles. The lowest BCUT2D eigenvalue weighted by molar-refractivity contribution is -0.125. The van der Waals surface area contributed by atoms with E-state index in [0.717, 1.165) is 5.56 Å². The van der Waals surface area contributed by atoms with E-state index < -0.39 is 11.7 Å². The summed E-state index contributed by atoms with van der Waals surface area (Å²) in [5, 5.41) is 2.87. The van der Waals surface area contributed by atoms with Crippen LogP contribution in [-0.2, 0) is 9.53 Å². The van der Waals surface area contributed by atoms with E-state index in [2.05, 4.69) is 5.32 Å². The van der Waals surface area contributed by atoms with Gasteiger partial charge in [0.2, 0.25) is 5.91 Å². The third kappa shape index (κ3) is 4.96. The summed E-state index contributed by atoms with van der Waals surface area (Å²) in [5.74, 6) is -0.505. The van der Waals surface area contributed by atoms with E-state index in [1.165, 1.54) is 24.3 Å². The molecule has 7 nitrogen and oxygen atoms in total. The summed E-state index contributed by atoms with van der Waals surface area (Å²) in [5.41, 5.74) is 1.17. The zero-order valence-corrected chi connectivity index (χ0v) is 17.9. The Bertz CT molecular complexity index is 919. The molecule has 1 saturated heterocycles. The molecule has 3 rings (SSSR count). The molecule has 0 spiro atoms. The van der Waals surface area contributed by atoms with Crippen LogP contribution in [0.4, 0.5) is 4.39 Å². The first-order chi connectivity index (χ1) is 15.0. The van der Waals surface area contributed by atoms with E-state index in [-0.39, 0.29) is 24.3 Å². The molecule has 31 heavy (non-hydrogen) atoms. The third-order valence-corrected chi connectivity index (χ3v) is 5.47. The van der Waals surface area contributed by atoms with Crippen LogP contribution in [0.15, 0.2) is 42.5 Å². The van der Waals surface area contributed by atoms with Gasteiger partial charge in [-0.05, 0) is 30.3 Å². The van der Waals surface area contributed by atoms with Crippen LogP contribution in [0, 0.1) is 11.7 Å². The van der Waals surface area contributed by atoms with Crippen molar-refractivity contribution in [3.05, 3.63) is 59.4 Å². The largest absolute Gasteiger partial charge is 0.493 e. The molecule has 8 heteroatoms. The number of hydrogen-bond donors (Lipinski definition) is 1. The van der Waals surface area contributed by atoms with Crippen molar-refractivity contribution >= 4 is 11.8 Å². The van der Waals surface area contributed by atoms with Crippen LogP contribution in [0.2, 0.25) is 0 Å². The number of benzene rings is 2. The molecule has 0 unspecified atom stereocenters. The van der Waals surface area contributed by atoms with E-state index in [4.69, 9.17) is 14.2 Å². The highest BCUT2D eigenvalue weighted by atomic mass is 19.1. The average Bonchev–Trinajstić information content (AvgIpc) is 3.24. The SMILES string of the molecule is COCCNC(=O)[C@H]1CN(C(=O)c2ccc(F)cc2)C[C@H]1c1cccc(OC)c1OC. The van der Waals surface area contributed by atoms with Crippen molar-refractivity contribution in [1.29, 1.82) is 0 Å². The van der Waals surface area contributed by atoms with Crippen molar-refractivity contribution in [2.24, 2.45) is 5.92 Å². The summed E-state index contributed by atoms with van der Waals surface area (Å²) >= 11 is 0. The van der Waals surface area contributed by atoms with Crippen LogP contribution in [0.3, 0.4) is 0 Å². The predicted molar refractivity (Wildman–Crippen MR) is 113 cm³/mol. The minimum atomic E-state index is -0.484. The minimum Gasteiger partial charge on any atom is -0.493 e. The van der Waals surface area contributed by atoms with E-state index in [1.54, 1.807) is 32.3 Å². The lowest BCUT2D eigenvalue weighted by Crippen LogP contribution is -2.37. The van der Waals surface area contributed by atoms with E-state index in [0.29, 0.717) is 36.8 Å². The maximum absolute atomic E-state index is 13.3. The average molecular weight is 430 g/mol. The van der Waals surface area contributed by atoms with Gasteiger partial charge in [0.1, 0.15) is 5.82 Å². The van der Waals surface area contributed by atoms with Crippen LogP contribution in [-0.4, -0.2) is 64.3 Å². The maximum Gasteiger partial charge on any atom is 0.253 e. The van der Waals surface area contributed by atoms with Crippen molar-refractivity contribution in [2.75, 3.05) is 47.6 Å². The quantitative estimate of drug-likeness (QED) is 0.651. The Hall–Kier alpha value is -3.13. The lowest BCUT2D eigenvalue weighted by Gasteiger charge is -2.21. The van der Waals surface area contributed by atoms with Crippen molar-refractivity contribution in [3.8, 4) is 11.5 Å². The molecule has 1 fully saturated rings. The van der Waals surface area contributed by atoms with Gasteiger partial charge in [0.15, 0.2) is 11.5 Å². The Morgan fingerprint density at radius 3 is 2.45 bits per heavy atom. The number of rotatable bonds is 8. The number of carbonyl (C=O) groups excluding carboxylic acids is 2. The van der Waals surface area contributed by atoms with Crippen LogP contribution in [0.1, 0.15) is 21.8 Å². The van der Waals surface area contributed by atoms with Gasteiger partial charge in [0, 0.05) is 43.8 Å². The maximum atomic E-state index is 13.3. The fourth-order valence-electron chi connectivity index (χ4n) is 3.94. The molecule has 1 aliphatic heterocycles. The summed E-state index contributed by atoms with van der Waals surface area (Å²) in [7, 11) is 4.66. The first kappa shape index (κ1) is 22.6. The number of carbonyl (C=O) groups is 2. The van der Waals surface area contributed by atoms with Gasteiger partial charge in [-0.2, -0.15) is 0 Å². The second-order valence-electron chi connectivity index (χ2n) is 7.30. The molecule has 0 aromatic heterocycles. The lowest BCUT2D eigenvalue weighted by atomic mass is 9.87. The molecule has 0 aliphatic carbocycles. The van der Waals surface area contributed by atoms with Gasteiger partial charge in [-0.25, -0.2) is 4.39 Å². The fourth-order valence-corrected chi connectivity index (χ4v) is 3.94.